The molecule has 0 radical (unpaired) electrons. The summed E-state index contributed by atoms with van der Waals surface area (Å²) in [6.45, 7) is 4.78. The Balaban J connectivity index is 2.66. The summed E-state index contributed by atoms with van der Waals surface area (Å²) < 4.78 is 4.83. The lowest BCUT2D eigenvalue weighted by Crippen LogP contribution is -2.50. The lowest BCUT2D eigenvalue weighted by Gasteiger charge is -2.41. The first-order valence-electron chi connectivity index (χ1n) is 7.02. The van der Waals surface area contributed by atoms with Gasteiger partial charge in [-0.3, -0.25) is 9.69 Å². The fourth-order valence-corrected chi connectivity index (χ4v) is 3.04. The smallest absolute Gasteiger partial charge is 0.309 e. The van der Waals surface area contributed by atoms with E-state index in [1.54, 1.807) is 0 Å². The zero-order chi connectivity index (χ0) is 13.7. The van der Waals surface area contributed by atoms with E-state index in [2.05, 4.69) is 18.9 Å². The summed E-state index contributed by atoms with van der Waals surface area (Å²) in [7, 11) is 3.57. The van der Waals surface area contributed by atoms with E-state index in [1.807, 2.05) is 6.92 Å². The van der Waals surface area contributed by atoms with Crippen molar-refractivity contribution in [1.29, 1.82) is 0 Å². The molecule has 0 aromatic rings. The third-order valence-electron chi connectivity index (χ3n) is 4.63. The van der Waals surface area contributed by atoms with Crippen LogP contribution >= 0.6 is 0 Å². The first-order chi connectivity index (χ1) is 8.52. The molecule has 0 aromatic heterocycles. The maximum atomic E-state index is 11.6. The summed E-state index contributed by atoms with van der Waals surface area (Å²) in [6, 6.07) is 0.695. The summed E-state index contributed by atoms with van der Waals surface area (Å²) in [5.41, 5.74) is 5.88. The zero-order valence-corrected chi connectivity index (χ0v) is 12.2. The van der Waals surface area contributed by atoms with Gasteiger partial charge in [-0.05, 0) is 39.3 Å². The second-order valence-corrected chi connectivity index (χ2v) is 5.57. The highest BCUT2D eigenvalue weighted by Gasteiger charge is 2.33. The molecule has 1 rings (SSSR count). The molecule has 0 spiro atoms. The molecule has 1 fully saturated rings. The highest BCUT2D eigenvalue weighted by atomic mass is 16.5. The maximum Gasteiger partial charge on any atom is 0.309 e. The summed E-state index contributed by atoms with van der Waals surface area (Å²) in [6.07, 6.45) is 4.96. The second-order valence-electron chi connectivity index (χ2n) is 5.57. The molecule has 2 N–H and O–H groups in total. The first kappa shape index (κ1) is 15.4. The second kappa shape index (κ2) is 7.10. The molecule has 4 heteroatoms. The number of rotatable bonds is 5. The average Bonchev–Trinajstić information content (AvgIpc) is 2.43. The predicted octanol–water partition coefficient (Wildman–Crippen LogP) is 1.63. The van der Waals surface area contributed by atoms with Crippen LogP contribution in [0.1, 0.15) is 39.5 Å². The van der Waals surface area contributed by atoms with Crippen molar-refractivity contribution in [3.05, 3.63) is 0 Å². The van der Waals surface area contributed by atoms with Crippen molar-refractivity contribution >= 4 is 5.97 Å². The molecule has 4 atom stereocenters. The fourth-order valence-electron chi connectivity index (χ4n) is 3.04. The number of carbonyl (C=O) groups is 1. The van der Waals surface area contributed by atoms with Gasteiger partial charge in [-0.25, -0.2) is 0 Å². The minimum absolute atomic E-state index is 0.0969. The predicted molar refractivity (Wildman–Crippen MR) is 73.2 cm³/mol. The van der Waals surface area contributed by atoms with Crippen molar-refractivity contribution in [2.45, 2.75) is 51.6 Å². The van der Waals surface area contributed by atoms with Gasteiger partial charge in [0, 0.05) is 12.1 Å². The van der Waals surface area contributed by atoms with Crippen LogP contribution in [0.15, 0.2) is 0 Å². The molecule has 0 amide bonds. The van der Waals surface area contributed by atoms with Crippen LogP contribution in [0, 0.1) is 11.8 Å². The van der Waals surface area contributed by atoms with Crippen LogP contribution in [0.25, 0.3) is 0 Å². The number of ether oxygens (including phenoxy) is 1. The summed E-state index contributed by atoms with van der Waals surface area (Å²) in [5, 5.41) is 0. The molecule has 1 aliphatic rings. The largest absolute Gasteiger partial charge is 0.469 e. The van der Waals surface area contributed by atoms with E-state index in [0.717, 1.165) is 6.54 Å². The quantitative estimate of drug-likeness (QED) is 0.760. The fraction of sp³-hybridized carbons (Fsp3) is 0.929. The van der Waals surface area contributed by atoms with E-state index >= 15 is 0 Å². The normalized spacial score (nSPS) is 27.9. The molecule has 1 saturated carbocycles. The lowest BCUT2D eigenvalue weighted by atomic mass is 9.82. The standard InChI is InChI=1S/C14H28N2O2/c1-10(14(17)18-4)11(2)16(3)13-8-6-5-7-12(13)9-15/h10-13H,5-9,15H2,1-4H3. The Morgan fingerprint density at radius 3 is 2.56 bits per heavy atom. The van der Waals surface area contributed by atoms with Gasteiger partial charge in [0.15, 0.2) is 0 Å². The summed E-state index contributed by atoms with van der Waals surface area (Å²) >= 11 is 0. The molecule has 0 saturated heterocycles. The highest BCUT2D eigenvalue weighted by Crippen LogP contribution is 2.29. The van der Waals surface area contributed by atoms with Crippen LogP contribution < -0.4 is 5.73 Å². The van der Waals surface area contributed by atoms with Crippen molar-refractivity contribution in [3.8, 4) is 0 Å². The highest BCUT2D eigenvalue weighted by molar-refractivity contribution is 5.72. The van der Waals surface area contributed by atoms with E-state index in [0.29, 0.717) is 12.0 Å². The van der Waals surface area contributed by atoms with Gasteiger partial charge in [-0.2, -0.15) is 0 Å². The minimum atomic E-state index is -0.130. The Morgan fingerprint density at radius 2 is 2.00 bits per heavy atom. The Kier molecular flexibility index (Phi) is 6.09. The molecule has 1 aliphatic carbocycles. The number of nitrogens with two attached hydrogens (primary N) is 1. The van der Waals surface area contributed by atoms with Gasteiger partial charge in [0.25, 0.3) is 0 Å². The summed E-state index contributed by atoms with van der Waals surface area (Å²) in [4.78, 5) is 13.9. The van der Waals surface area contributed by atoms with Crippen molar-refractivity contribution in [1.82, 2.24) is 4.90 Å². The number of nitrogens with zero attached hydrogens (tertiary/aromatic N) is 1. The van der Waals surface area contributed by atoms with E-state index in [-0.39, 0.29) is 17.9 Å². The van der Waals surface area contributed by atoms with Crippen LogP contribution in [0.3, 0.4) is 0 Å². The third-order valence-corrected chi connectivity index (χ3v) is 4.63. The van der Waals surface area contributed by atoms with Gasteiger partial charge in [0.2, 0.25) is 0 Å². The number of hydrogen-bond acceptors (Lipinski definition) is 4. The van der Waals surface area contributed by atoms with Crippen LogP contribution in [0.4, 0.5) is 0 Å². The third kappa shape index (κ3) is 3.45. The molecule has 0 aliphatic heterocycles. The van der Waals surface area contributed by atoms with Gasteiger partial charge in [-0.1, -0.05) is 19.8 Å². The van der Waals surface area contributed by atoms with Crippen molar-refractivity contribution in [3.63, 3.8) is 0 Å². The van der Waals surface area contributed by atoms with Crippen LogP contribution in [0.2, 0.25) is 0 Å². The van der Waals surface area contributed by atoms with Crippen molar-refractivity contribution < 1.29 is 9.53 Å². The number of carbonyl (C=O) groups excluding carboxylic acids is 1. The molecular formula is C14H28N2O2. The lowest BCUT2D eigenvalue weighted by molar-refractivity contribution is -0.147. The minimum Gasteiger partial charge on any atom is -0.469 e. The Bertz CT molecular complexity index is 271. The molecule has 4 unspecified atom stereocenters. The molecule has 0 bridgehead atoms. The van der Waals surface area contributed by atoms with Gasteiger partial charge in [-0.15, -0.1) is 0 Å². The average molecular weight is 256 g/mol. The van der Waals surface area contributed by atoms with E-state index < -0.39 is 0 Å². The van der Waals surface area contributed by atoms with Crippen molar-refractivity contribution in [2.75, 3.05) is 20.7 Å². The molecule has 0 aromatic carbocycles. The molecule has 18 heavy (non-hydrogen) atoms. The number of esters is 1. The van der Waals surface area contributed by atoms with Gasteiger partial charge in [0.1, 0.15) is 0 Å². The van der Waals surface area contributed by atoms with Gasteiger partial charge >= 0.3 is 5.97 Å². The van der Waals surface area contributed by atoms with Gasteiger partial charge in [0.05, 0.1) is 13.0 Å². The van der Waals surface area contributed by atoms with E-state index in [1.165, 1.54) is 32.8 Å². The SMILES string of the molecule is COC(=O)C(C)C(C)N(C)C1CCCCC1CN. The number of hydrogen-bond donors (Lipinski definition) is 1. The molecular weight excluding hydrogens is 228 g/mol. The molecule has 106 valence electrons. The molecule has 4 nitrogen and oxygen atoms in total. The van der Waals surface area contributed by atoms with Gasteiger partial charge < -0.3 is 10.5 Å². The van der Waals surface area contributed by atoms with Crippen molar-refractivity contribution in [2.24, 2.45) is 17.6 Å². The maximum absolute atomic E-state index is 11.6. The Morgan fingerprint density at radius 1 is 1.39 bits per heavy atom. The van der Waals surface area contributed by atoms with Crippen LogP contribution in [0.5, 0.6) is 0 Å². The molecule has 0 heterocycles. The monoisotopic (exact) mass is 256 g/mol. The van der Waals surface area contributed by atoms with Crippen LogP contribution in [-0.4, -0.2) is 43.7 Å². The summed E-state index contributed by atoms with van der Waals surface area (Å²) in [5.74, 6) is 0.339. The Hall–Kier alpha value is -0.610. The van der Waals surface area contributed by atoms with Crippen LogP contribution in [-0.2, 0) is 9.53 Å². The topological polar surface area (TPSA) is 55.6 Å². The van der Waals surface area contributed by atoms with E-state index in [4.69, 9.17) is 10.5 Å². The number of methoxy groups -OCH3 is 1. The Labute approximate surface area is 111 Å². The zero-order valence-electron chi connectivity index (χ0n) is 12.2. The first-order valence-corrected chi connectivity index (χ1v) is 7.02. The van der Waals surface area contributed by atoms with E-state index in [9.17, 15) is 4.79 Å².